The molecule has 0 aromatic rings. The van der Waals surface area contributed by atoms with Gasteiger partial charge >= 0.3 is 29.6 Å². The molecule has 0 radical (unpaired) electrons. The Morgan fingerprint density at radius 2 is 2.00 bits per heavy atom. The largest absolute Gasteiger partial charge is 1.00 e. The molecule has 0 fully saturated rings. The molecule has 4 heteroatoms. The zero-order valence-electron chi connectivity index (χ0n) is 8.84. The van der Waals surface area contributed by atoms with E-state index in [0.29, 0.717) is 0 Å². The average Bonchev–Trinajstić information content (AvgIpc) is 1.97. The number of ether oxygens (including phenoxy) is 1. The second-order valence-electron chi connectivity index (χ2n) is 3.03. The molecule has 0 aromatic carbocycles. The van der Waals surface area contributed by atoms with Gasteiger partial charge in [-0.15, -0.1) is 0 Å². The summed E-state index contributed by atoms with van der Waals surface area (Å²) >= 11 is 9.33. The van der Waals surface area contributed by atoms with Crippen LogP contribution in [0.15, 0.2) is 0 Å². The molecule has 0 aromatic heterocycles. The average molecular weight is 228 g/mol. The molecule has 0 aliphatic heterocycles. The van der Waals surface area contributed by atoms with Crippen molar-refractivity contribution in [3.05, 3.63) is 0 Å². The molecule has 13 heavy (non-hydrogen) atoms. The fourth-order valence-corrected chi connectivity index (χ4v) is 1.41. The normalized spacial score (nSPS) is 11.5. The fourth-order valence-electron chi connectivity index (χ4n) is 1.08. The predicted molar refractivity (Wildman–Crippen MR) is 59.3 cm³/mol. The van der Waals surface area contributed by atoms with E-state index in [-0.39, 0.29) is 40.0 Å². The van der Waals surface area contributed by atoms with E-state index in [4.69, 9.17) is 4.74 Å². The maximum atomic E-state index is 5.18. The number of unbranched alkanes of at least 4 members (excludes halogenated alkanes) is 3. The molecule has 0 aliphatic carbocycles. The first kappa shape index (κ1) is 16.5. The zero-order valence-corrected chi connectivity index (χ0v) is 12.5. The molecule has 0 spiro atoms. The first-order valence-corrected chi connectivity index (χ1v) is 5.36. The van der Waals surface area contributed by atoms with Crippen molar-refractivity contribution in [2.75, 3.05) is 0 Å². The van der Waals surface area contributed by atoms with E-state index in [1.165, 1.54) is 25.7 Å². The summed E-state index contributed by atoms with van der Waals surface area (Å²) in [7, 11) is 0. The van der Waals surface area contributed by atoms with Gasteiger partial charge in [0.1, 0.15) is 0 Å². The van der Waals surface area contributed by atoms with E-state index in [0.717, 1.165) is 6.42 Å². The van der Waals surface area contributed by atoms with Gasteiger partial charge in [-0.05, 0) is 19.8 Å². The molecule has 0 rings (SSSR count). The molecule has 0 heterocycles. The van der Waals surface area contributed by atoms with E-state index in [1.807, 2.05) is 6.92 Å². The SMILES string of the molecule is CCCCCCC(C)OC(=S)[S-].[Na+]. The maximum Gasteiger partial charge on any atom is 1.00 e. The Bertz CT molecular complexity index is 131. The second-order valence-corrected chi connectivity index (χ2v) is 4.03. The summed E-state index contributed by atoms with van der Waals surface area (Å²) in [6, 6.07) is 0. The Morgan fingerprint density at radius 1 is 1.38 bits per heavy atom. The monoisotopic (exact) mass is 228 g/mol. The van der Waals surface area contributed by atoms with Crippen molar-refractivity contribution in [1.82, 2.24) is 0 Å². The van der Waals surface area contributed by atoms with E-state index in [2.05, 4.69) is 31.8 Å². The van der Waals surface area contributed by atoms with Gasteiger partial charge in [-0.2, -0.15) is 0 Å². The number of rotatable bonds is 6. The molecular formula is C9H17NaOS2. The van der Waals surface area contributed by atoms with Gasteiger partial charge in [0.2, 0.25) is 0 Å². The molecule has 0 amide bonds. The van der Waals surface area contributed by atoms with Crippen LogP contribution >= 0.6 is 12.2 Å². The molecule has 0 bridgehead atoms. The molecule has 1 atom stereocenters. The summed E-state index contributed by atoms with van der Waals surface area (Å²) in [6.45, 7) is 4.23. The van der Waals surface area contributed by atoms with E-state index in [9.17, 15) is 0 Å². The van der Waals surface area contributed by atoms with Crippen LogP contribution in [0.2, 0.25) is 0 Å². The smallest absolute Gasteiger partial charge is 0.511 e. The van der Waals surface area contributed by atoms with E-state index >= 15 is 0 Å². The van der Waals surface area contributed by atoms with Gasteiger partial charge < -0.3 is 29.6 Å². The quantitative estimate of drug-likeness (QED) is 0.278. The first-order valence-electron chi connectivity index (χ1n) is 4.54. The van der Waals surface area contributed by atoms with Gasteiger partial charge in [0.15, 0.2) is 0 Å². The molecular weight excluding hydrogens is 211 g/mol. The number of hydrogen-bond donors (Lipinski definition) is 0. The number of thiocarbonyl (C=S) groups is 1. The van der Waals surface area contributed by atoms with Gasteiger partial charge in [-0.1, -0.05) is 26.2 Å². The van der Waals surface area contributed by atoms with Crippen LogP contribution in [0.1, 0.15) is 46.0 Å². The van der Waals surface area contributed by atoms with Gasteiger partial charge in [-0.3, -0.25) is 0 Å². The first-order chi connectivity index (χ1) is 5.66. The Labute approximate surface area is 115 Å². The van der Waals surface area contributed by atoms with Gasteiger partial charge in [0, 0.05) is 4.38 Å². The van der Waals surface area contributed by atoms with Crippen molar-refractivity contribution < 1.29 is 34.3 Å². The van der Waals surface area contributed by atoms with Crippen molar-refractivity contribution in [2.24, 2.45) is 0 Å². The van der Waals surface area contributed by atoms with Crippen LogP contribution in [0.5, 0.6) is 0 Å². The third-order valence-corrected chi connectivity index (χ3v) is 1.95. The summed E-state index contributed by atoms with van der Waals surface area (Å²) in [5, 5.41) is 0. The second kappa shape index (κ2) is 11.2. The molecule has 0 saturated heterocycles. The predicted octanol–water partition coefficient (Wildman–Crippen LogP) is 0.198. The van der Waals surface area contributed by atoms with Gasteiger partial charge in [0.05, 0.1) is 6.10 Å². The fraction of sp³-hybridized carbons (Fsp3) is 0.889. The van der Waals surface area contributed by atoms with Crippen LogP contribution in [-0.2, 0) is 17.4 Å². The van der Waals surface area contributed by atoms with Crippen molar-refractivity contribution in [2.45, 2.75) is 52.1 Å². The third kappa shape index (κ3) is 13.1. The zero-order chi connectivity index (χ0) is 9.40. The Kier molecular flexibility index (Phi) is 14.2. The summed E-state index contributed by atoms with van der Waals surface area (Å²) in [4.78, 5) is 0. The van der Waals surface area contributed by atoms with Gasteiger partial charge in [0.25, 0.3) is 0 Å². The minimum Gasteiger partial charge on any atom is -0.511 e. The molecule has 1 unspecified atom stereocenters. The Balaban J connectivity index is 0. The molecule has 0 saturated carbocycles. The van der Waals surface area contributed by atoms with Crippen LogP contribution in [0, 0.1) is 0 Å². The van der Waals surface area contributed by atoms with Crippen molar-refractivity contribution in [3.8, 4) is 0 Å². The van der Waals surface area contributed by atoms with E-state index in [1.54, 1.807) is 0 Å². The minimum absolute atomic E-state index is 0. The van der Waals surface area contributed by atoms with Crippen LogP contribution in [-0.4, -0.2) is 10.5 Å². The standard InChI is InChI=1S/C9H18OS2.Na/c1-3-4-5-6-7-8(2)10-9(11)12;/h8H,3-7H2,1-2H3,(H,11,12);/q;+1/p-1. The molecule has 72 valence electrons. The van der Waals surface area contributed by atoms with Gasteiger partial charge in [-0.25, -0.2) is 0 Å². The van der Waals surface area contributed by atoms with Crippen LogP contribution in [0.25, 0.3) is 0 Å². The molecule has 0 aliphatic rings. The molecule has 0 N–H and O–H groups in total. The Morgan fingerprint density at radius 3 is 2.46 bits per heavy atom. The van der Waals surface area contributed by atoms with Crippen LogP contribution in [0.4, 0.5) is 0 Å². The maximum absolute atomic E-state index is 5.18. The van der Waals surface area contributed by atoms with Crippen molar-refractivity contribution in [3.63, 3.8) is 0 Å². The summed E-state index contributed by atoms with van der Waals surface area (Å²) in [6.07, 6.45) is 6.35. The van der Waals surface area contributed by atoms with Crippen molar-refractivity contribution in [1.29, 1.82) is 0 Å². The van der Waals surface area contributed by atoms with Crippen molar-refractivity contribution >= 4 is 29.2 Å². The third-order valence-electron chi connectivity index (χ3n) is 1.76. The minimum atomic E-state index is 0. The Hall–Kier alpha value is 1.11. The van der Waals surface area contributed by atoms with Crippen LogP contribution < -0.4 is 29.6 Å². The van der Waals surface area contributed by atoms with E-state index < -0.39 is 0 Å². The van der Waals surface area contributed by atoms with Crippen LogP contribution in [0.3, 0.4) is 0 Å². The topological polar surface area (TPSA) is 9.23 Å². The summed E-state index contributed by atoms with van der Waals surface area (Å²) in [5.74, 6) is 0. The molecule has 1 nitrogen and oxygen atoms in total. The number of hydrogen-bond acceptors (Lipinski definition) is 3. The summed E-state index contributed by atoms with van der Waals surface area (Å²) < 4.78 is 5.42. The summed E-state index contributed by atoms with van der Waals surface area (Å²) in [5.41, 5.74) is 0.